The zero-order chi connectivity index (χ0) is 11.4. The Morgan fingerprint density at radius 2 is 2.19 bits per heavy atom. The Hall–Kier alpha value is -0.710. The molecule has 0 aromatic carbocycles. The van der Waals surface area contributed by atoms with E-state index >= 15 is 0 Å². The lowest BCUT2D eigenvalue weighted by atomic mass is 10.1. The lowest BCUT2D eigenvalue weighted by molar-refractivity contribution is 0.575. The number of thiophene rings is 1. The van der Waals surface area contributed by atoms with Crippen molar-refractivity contribution < 1.29 is 0 Å². The van der Waals surface area contributed by atoms with E-state index in [2.05, 4.69) is 44.6 Å². The fraction of sp³-hybridized carbons (Fsp3) is 0.250. The first kappa shape index (κ1) is 11.8. The van der Waals surface area contributed by atoms with Gasteiger partial charge < -0.3 is 5.32 Å². The fourth-order valence-corrected chi connectivity index (χ4v) is 2.69. The molecule has 16 heavy (non-hydrogen) atoms. The van der Waals surface area contributed by atoms with Gasteiger partial charge in [0, 0.05) is 25.0 Å². The Balaban J connectivity index is 1.91. The van der Waals surface area contributed by atoms with Gasteiger partial charge in [0.15, 0.2) is 0 Å². The summed E-state index contributed by atoms with van der Waals surface area (Å²) in [5.74, 6) is 0. The minimum absolute atomic E-state index is 0.349. The number of pyridine rings is 1. The zero-order valence-corrected chi connectivity index (χ0v) is 11.4. The van der Waals surface area contributed by atoms with E-state index in [-0.39, 0.29) is 0 Å². The summed E-state index contributed by atoms with van der Waals surface area (Å²) < 4.78 is 1.18. The van der Waals surface area contributed by atoms with Crippen molar-refractivity contribution in [2.45, 2.75) is 19.5 Å². The third-order valence-corrected chi connectivity index (χ3v) is 3.99. The van der Waals surface area contributed by atoms with Crippen molar-refractivity contribution in [3.63, 3.8) is 0 Å². The Labute approximate surface area is 108 Å². The standard InChI is InChI=1S/C12H13BrN2S/c1-9(11-2-4-14-5-3-11)15-7-10-6-12(13)16-8-10/h2-6,8-9,15H,7H2,1H3. The number of nitrogens with zero attached hydrogens (tertiary/aromatic N) is 1. The number of hydrogen-bond donors (Lipinski definition) is 1. The van der Waals surface area contributed by atoms with Gasteiger partial charge in [-0.1, -0.05) is 0 Å². The first-order valence-electron chi connectivity index (χ1n) is 5.12. The Bertz CT molecular complexity index is 441. The summed E-state index contributed by atoms with van der Waals surface area (Å²) in [6, 6.07) is 6.58. The topological polar surface area (TPSA) is 24.9 Å². The van der Waals surface area contributed by atoms with Crippen LogP contribution in [0.3, 0.4) is 0 Å². The van der Waals surface area contributed by atoms with Crippen molar-refractivity contribution in [1.29, 1.82) is 0 Å². The Morgan fingerprint density at radius 3 is 2.81 bits per heavy atom. The fourth-order valence-electron chi connectivity index (χ4n) is 1.48. The van der Waals surface area contributed by atoms with Gasteiger partial charge in [-0.05, 0) is 57.6 Å². The maximum atomic E-state index is 4.02. The van der Waals surface area contributed by atoms with Crippen LogP contribution >= 0.6 is 27.3 Å². The molecular weight excluding hydrogens is 284 g/mol. The molecule has 0 fully saturated rings. The molecule has 2 rings (SSSR count). The number of halogens is 1. The first-order chi connectivity index (χ1) is 7.75. The molecule has 0 saturated carbocycles. The van der Waals surface area contributed by atoms with Crippen molar-refractivity contribution in [3.8, 4) is 0 Å². The summed E-state index contributed by atoms with van der Waals surface area (Å²) >= 11 is 5.19. The van der Waals surface area contributed by atoms with Crippen LogP contribution in [-0.4, -0.2) is 4.98 Å². The summed E-state index contributed by atoms with van der Waals surface area (Å²) in [6.45, 7) is 3.06. The van der Waals surface area contributed by atoms with Crippen LogP contribution in [0.25, 0.3) is 0 Å². The molecule has 0 aliphatic rings. The smallest absolute Gasteiger partial charge is 0.0701 e. The molecule has 0 aliphatic carbocycles. The van der Waals surface area contributed by atoms with Crippen LogP contribution in [0, 0.1) is 0 Å². The SMILES string of the molecule is CC(NCc1csc(Br)c1)c1ccncc1. The van der Waals surface area contributed by atoms with E-state index in [0.717, 1.165) is 6.54 Å². The van der Waals surface area contributed by atoms with Crippen molar-refractivity contribution in [2.24, 2.45) is 0 Å². The third-order valence-electron chi connectivity index (χ3n) is 2.44. The van der Waals surface area contributed by atoms with Crippen LogP contribution in [0.2, 0.25) is 0 Å². The predicted molar refractivity (Wildman–Crippen MR) is 71.5 cm³/mol. The van der Waals surface area contributed by atoms with Crippen LogP contribution in [-0.2, 0) is 6.54 Å². The number of rotatable bonds is 4. The van der Waals surface area contributed by atoms with Gasteiger partial charge in [0.25, 0.3) is 0 Å². The largest absolute Gasteiger partial charge is 0.306 e. The molecule has 2 aromatic heterocycles. The van der Waals surface area contributed by atoms with E-state index in [1.807, 2.05) is 24.5 Å². The van der Waals surface area contributed by atoms with Crippen molar-refractivity contribution in [1.82, 2.24) is 10.3 Å². The highest BCUT2D eigenvalue weighted by molar-refractivity contribution is 9.11. The normalized spacial score (nSPS) is 12.6. The molecule has 4 heteroatoms. The summed E-state index contributed by atoms with van der Waals surface area (Å²) in [5, 5.41) is 5.65. The van der Waals surface area contributed by atoms with E-state index < -0.39 is 0 Å². The highest BCUT2D eigenvalue weighted by atomic mass is 79.9. The van der Waals surface area contributed by atoms with Crippen LogP contribution < -0.4 is 5.32 Å². The molecule has 2 nitrogen and oxygen atoms in total. The zero-order valence-electron chi connectivity index (χ0n) is 8.98. The molecule has 0 bridgehead atoms. The molecule has 0 saturated heterocycles. The molecular formula is C12H13BrN2S. The predicted octanol–water partition coefficient (Wildman–Crippen LogP) is 3.76. The number of hydrogen-bond acceptors (Lipinski definition) is 3. The van der Waals surface area contributed by atoms with Gasteiger partial charge in [-0.15, -0.1) is 11.3 Å². The third kappa shape index (κ3) is 3.14. The molecule has 1 N–H and O–H groups in total. The Kier molecular flexibility index (Phi) is 4.09. The lowest BCUT2D eigenvalue weighted by Crippen LogP contribution is -2.17. The molecule has 0 radical (unpaired) electrons. The molecule has 0 amide bonds. The quantitative estimate of drug-likeness (QED) is 0.929. The maximum Gasteiger partial charge on any atom is 0.0701 e. The number of aromatic nitrogens is 1. The van der Waals surface area contributed by atoms with Gasteiger partial charge in [0.2, 0.25) is 0 Å². The molecule has 2 heterocycles. The van der Waals surface area contributed by atoms with Crippen molar-refractivity contribution >= 4 is 27.3 Å². The highest BCUT2D eigenvalue weighted by Gasteiger charge is 2.04. The van der Waals surface area contributed by atoms with E-state index in [9.17, 15) is 0 Å². The molecule has 84 valence electrons. The van der Waals surface area contributed by atoms with Gasteiger partial charge in [-0.2, -0.15) is 0 Å². The summed E-state index contributed by atoms with van der Waals surface area (Å²) in [7, 11) is 0. The minimum atomic E-state index is 0.349. The maximum absolute atomic E-state index is 4.02. The summed E-state index contributed by atoms with van der Waals surface area (Å²) in [4.78, 5) is 4.02. The molecule has 0 spiro atoms. The average molecular weight is 297 g/mol. The van der Waals surface area contributed by atoms with Gasteiger partial charge in [0.1, 0.15) is 0 Å². The second kappa shape index (κ2) is 5.57. The van der Waals surface area contributed by atoms with Gasteiger partial charge in [-0.25, -0.2) is 0 Å². The summed E-state index contributed by atoms with van der Waals surface area (Å²) in [6.07, 6.45) is 3.66. The molecule has 1 atom stereocenters. The Morgan fingerprint density at radius 1 is 1.44 bits per heavy atom. The summed E-state index contributed by atoms with van der Waals surface area (Å²) in [5.41, 5.74) is 2.59. The lowest BCUT2D eigenvalue weighted by Gasteiger charge is -2.13. The van der Waals surface area contributed by atoms with Gasteiger partial charge in [-0.3, -0.25) is 4.98 Å². The van der Waals surface area contributed by atoms with E-state index in [1.54, 1.807) is 11.3 Å². The van der Waals surface area contributed by atoms with Gasteiger partial charge in [0.05, 0.1) is 3.79 Å². The number of nitrogens with one attached hydrogen (secondary N) is 1. The minimum Gasteiger partial charge on any atom is -0.306 e. The van der Waals surface area contributed by atoms with E-state index in [4.69, 9.17) is 0 Å². The first-order valence-corrected chi connectivity index (χ1v) is 6.79. The second-order valence-corrected chi connectivity index (χ2v) is 5.93. The van der Waals surface area contributed by atoms with Crippen LogP contribution in [0.5, 0.6) is 0 Å². The van der Waals surface area contributed by atoms with Crippen LogP contribution in [0.4, 0.5) is 0 Å². The van der Waals surface area contributed by atoms with Gasteiger partial charge >= 0.3 is 0 Å². The highest BCUT2D eigenvalue weighted by Crippen LogP contribution is 2.21. The molecule has 2 aromatic rings. The van der Waals surface area contributed by atoms with Crippen molar-refractivity contribution in [2.75, 3.05) is 0 Å². The second-order valence-electron chi connectivity index (χ2n) is 3.64. The molecule has 0 aliphatic heterocycles. The van der Waals surface area contributed by atoms with E-state index in [0.29, 0.717) is 6.04 Å². The molecule has 1 unspecified atom stereocenters. The monoisotopic (exact) mass is 296 g/mol. The average Bonchev–Trinajstić information content (AvgIpc) is 2.73. The van der Waals surface area contributed by atoms with Crippen LogP contribution in [0.1, 0.15) is 24.1 Å². The van der Waals surface area contributed by atoms with Crippen molar-refractivity contribution in [3.05, 3.63) is 50.9 Å². The van der Waals surface area contributed by atoms with Crippen LogP contribution in [0.15, 0.2) is 39.8 Å². The van der Waals surface area contributed by atoms with E-state index in [1.165, 1.54) is 14.9 Å².